The zero-order chi connectivity index (χ0) is 23.3. The van der Waals surface area contributed by atoms with Crippen LogP contribution in [0.3, 0.4) is 0 Å². The number of alkyl halides is 1. The largest absolute Gasteiger partial charge is 0.492 e. The molecule has 32 heavy (non-hydrogen) atoms. The molecular formula is C23H33FN4O2P2. The summed E-state index contributed by atoms with van der Waals surface area (Å²) in [6.07, 6.45) is 10.5. The van der Waals surface area contributed by atoms with Gasteiger partial charge in [0.05, 0.1) is 12.3 Å². The summed E-state index contributed by atoms with van der Waals surface area (Å²) in [5, 5.41) is 10.2. The number of hydrogen-bond donors (Lipinski definition) is 2. The summed E-state index contributed by atoms with van der Waals surface area (Å²) in [4.78, 5) is 6.53. The van der Waals surface area contributed by atoms with Gasteiger partial charge in [-0.15, -0.1) is 0 Å². The first-order valence-electron chi connectivity index (χ1n) is 10.8. The molecular weight excluding hydrogens is 445 g/mol. The van der Waals surface area contributed by atoms with Gasteiger partial charge in [0.2, 0.25) is 0 Å². The highest BCUT2D eigenvalue weighted by Crippen LogP contribution is 2.32. The van der Waals surface area contributed by atoms with E-state index in [1.54, 1.807) is 12.3 Å². The quantitative estimate of drug-likeness (QED) is 0.380. The Labute approximate surface area is 194 Å². The molecule has 174 valence electrons. The Morgan fingerprint density at radius 2 is 2.16 bits per heavy atom. The molecule has 0 bridgehead atoms. The van der Waals surface area contributed by atoms with Crippen LogP contribution in [0.5, 0.6) is 0 Å². The van der Waals surface area contributed by atoms with Crippen LogP contribution in [0.15, 0.2) is 63.5 Å². The van der Waals surface area contributed by atoms with Gasteiger partial charge < -0.3 is 25.1 Å². The van der Waals surface area contributed by atoms with Crippen LogP contribution in [0, 0.1) is 5.41 Å². The van der Waals surface area contributed by atoms with Crippen LogP contribution < -0.4 is 5.32 Å². The van der Waals surface area contributed by atoms with Crippen molar-refractivity contribution in [3.05, 3.63) is 58.5 Å². The van der Waals surface area contributed by atoms with Crippen molar-refractivity contribution in [3.63, 3.8) is 0 Å². The highest BCUT2D eigenvalue weighted by Gasteiger charge is 2.26. The second-order valence-electron chi connectivity index (χ2n) is 8.23. The van der Waals surface area contributed by atoms with Gasteiger partial charge in [-0.3, -0.25) is 4.99 Å². The first-order chi connectivity index (χ1) is 15.2. The van der Waals surface area contributed by atoms with Gasteiger partial charge in [-0.25, -0.2) is 4.39 Å². The molecule has 0 saturated heterocycles. The van der Waals surface area contributed by atoms with Crippen molar-refractivity contribution in [1.82, 2.24) is 10.2 Å². The smallest absolute Gasteiger partial charge is 0.192 e. The van der Waals surface area contributed by atoms with Crippen LogP contribution in [-0.4, -0.2) is 54.8 Å². The fourth-order valence-electron chi connectivity index (χ4n) is 3.75. The molecule has 0 amide bonds. The summed E-state index contributed by atoms with van der Waals surface area (Å²) in [6.45, 7) is 5.73. The van der Waals surface area contributed by atoms with Gasteiger partial charge in [0, 0.05) is 43.7 Å². The third-order valence-electron chi connectivity index (χ3n) is 5.32. The van der Waals surface area contributed by atoms with E-state index in [1.165, 1.54) is 12.0 Å². The second kappa shape index (κ2) is 10.8. The predicted octanol–water partition coefficient (Wildman–Crippen LogP) is 4.42. The lowest BCUT2D eigenvalue weighted by Crippen LogP contribution is -2.31. The monoisotopic (exact) mass is 478 g/mol. The van der Waals surface area contributed by atoms with Crippen molar-refractivity contribution in [3.8, 4) is 0 Å². The number of likely N-dealkylation sites (N-methyl/N-ethyl adjacent to an activating group) is 1. The summed E-state index contributed by atoms with van der Waals surface area (Å²) in [5.41, 5.74) is 5.26. The Bertz CT molecular complexity index is 936. The van der Waals surface area contributed by atoms with Gasteiger partial charge in [0.25, 0.3) is 0 Å². The zero-order valence-corrected chi connectivity index (χ0v) is 21.3. The van der Waals surface area contributed by atoms with Crippen molar-refractivity contribution in [1.29, 1.82) is 5.41 Å². The van der Waals surface area contributed by atoms with E-state index < -0.39 is 5.15 Å². The van der Waals surface area contributed by atoms with E-state index in [-0.39, 0.29) is 6.61 Å². The molecule has 2 aliphatic heterocycles. The van der Waals surface area contributed by atoms with Crippen molar-refractivity contribution in [2.75, 3.05) is 33.4 Å². The van der Waals surface area contributed by atoms with Gasteiger partial charge in [-0.2, -0.15) is 0 Å². The van der Waals surface area contributed by atoms with E-state index in [0.717, 1.165) is 41.0 Å². The zero-order valence-electron chi connectivity index (χ0n) is 19.0. The number of ether oxygens (including phenoxy) is 2. The summed E-state index contributed by atoms with van der Waals surface area (Å²) in [6, 6.07) is 0. The summed E-state index contributed by atoms with van der Waals surface area (Å²) < 4.78 is 25.4. The molecule has 9 heteroatoms. The van der Waals surface area contributed by atoms with Gasteiger partial charge in [-0.05, 0) is 50.3 Å². The minimum absolute atomic E-state index is 0.0533. The topological polar surface area (TPSA) is 69.9 Å². The fraction of sp³-hybridized carbons (Fsp3) is 0.478. The van der Waals surface area contributed by atoms with Crippen molar-refractivity contribution in [2.45, 2.75) is 38.3 Å². The standard InChI is InChI=1S/C23H33FN4O2P2/c1-4-29-21(17-6-5-7-17)20-18(19(25)8-9-27-20)12-26-11-16-10-15(2)22(28(3)13-16)30-14-23(24,31)32/h8-10,12,25-26H,4-7,11,13-14,31-32H2,1-3H3/b18-12+,25-19?. The molecule has 3 aliphatic rings. The molecule has 3 rings (SSSR count). The first-order valence-corrected chi connectivity index (χ1v) is 12.0. The molecule has 6 nitrogen and oxygen atoms in total. The summed E-state index contributed by atoms with van der Waals surface area (Å²) in [5.74, 6) is 1.51. The van der Waals surface area contributed by atoms with E-state index in [1.807, 2.05) is 32.0 Å². The number of rotatable bonds is 9. The normalized spacial score (nSPS) is 20.2. The Kier molecular flexibility index (Phi) is 8.30. The molecule has 1 fully saturated rings. The Balaban J connectivity index is 1.71. The molecule has 2 unspecified atom stereocenters. The van der Waals surface area contributed by atoms with E-state index in [4.69, 9.17) is 14.9 Å². The average Bonchev–Trinajstić information content (AvgIpc) is 2.66. The molecule has 1 aliphatic carbocycles. The van der Waals surface area contributed by atoms with Crippen LogP contribution in [-0.2, 0) is 9.47 Å². The number of halogens is 1. The average molecular weight is 478 g/mol. The second-order valence-corrected chi connectivity index (χ2v) is 10.8. The highest BCUT2D eigenvalue weighted by molar-refractivity contribution is 7.39. The fourth-order valence-corrected chi connectivity index (χ4v) is 3.91. The lowest BCUT2D eigenvalue weighted by molar-refractivity contribution is 0.0969. The number of aliphatic imine (C=N–C) groups is 1. The van der Waals surface area contributed by atoms with E-state index >= 15 is 0 Å². The summed E-state index contributed by atoms with van der Waals surface area (Å²) in [7, 11) is 6.17. The SMILES string of the molecule is CCOC(C1=NC=CC(=N)/C1=C\NCC1=CC(C)=C(OCC(F)(P)P)N(C)C1)=C1CCC1. The molecule has 0 aromatic heterocycles. The maximum absolute atomic E-state index is 13.7. The summed E-state index contributed by atoms with van der Waals surface area (Å²) >= 11 is 0. The molecule has 2 heterocycles. The molecule has 1 saturated carbocycles. The number of allylic oxidation sites excluding steroid dienone is 5. The van der Waals surface area contributed by atoms with Gasteiger partial charge in [-0.1, -0.05) is 24.6 Å². The van der Waals surface area contributed by atoms with Crippen molar-refractivity contribution in [2.24, 2.45) is 4.99 Å². The van der Waals surface area contributed by atoms with Crippen LogP contribution in [0.4, 0.5) is 4.39 Å². The van der Waals surface area contributed by atoms with Crippen LogP contribution in [0.25, 0.3) is 0 Å². The van der Waals surface area contributed by atoms with Crippen LogP contribution in [0.2, 0.25) is 0 Å². The van der Waals surface area contributed by atoms with E-state index in [9.17, 15) is 4.39 Å². The molecule has 0 radical (unpaired) electrons. The first kappa shape index (κ1) is 24.7. The lowest BCUT2D eigenvalue weighted by atomic mass is 9.88. The maximum Gasteiger partial charge on any atom is 0.192 e. The van der Waals surface area contributed by atoms with Gasteiger partial charge in [0.15, 0.2) is 11.0 Å². The minimum atomic E-state index is -1.54. The predicted molar refractivity (Wildman–Crippen MR) is 136 cm³/mol. The number of nitrogens with one attached hydrogen (secondary N) is 2. The molecule has 0 aromatic rings. The van der Waals surface area contributed by atoms with Gasteiger partial charge in [0.1, 0.15) is 18.1 Å². The van der Waals surface area contributed by atoms with Crippen molar-refractivity contribution < 1.29 is 13.9 Å². The minimum Gasteiger partial charge on any atom is -0.492 e. The maximum atomic E-state index is 13.7. The van der Waals surface area contributed by atoms with Crippen LogP contribution >= 0.6 is 18.5 Å². The number of nitrogens with zero attached hydrogens (tertiary/aromatic N) is 2. The Hall–Kier alpha value is -1.97. The third kappa shape index (κ3) is 6.30. The molecule has 0 aromatic carbocycles. The Morgan fingerprint density at radius 3 is 2.75 bits per heavy atom. The lowest BCUT2D eigenvalue weighted by Gasteiger charge is -2.30. The van der Waals surface area contributed by atoms with Crippen molar-refractivity contribution >= 4 is 29.9 Å². The number of hydrogen-bond acceptors (Lipinski definition) is 6. The van der Waals surface area contributed by atoms with Crippen LogP contribution in [0.1, 0.15) is 33.1 Å². The molecule has 0 spiro atoms. The molecule has 2 N–H and O–H groups in total. The van der Waals surface area contributed by atoms with E-state index in [2.05, 4.69) is 34.9 Å². The van der Waals surface area contributed by atoms with Gasteiger partial charge >= 0.3 is 0 Å². The van der Waals surface area contributed by atoms with E-state index in [0.29, 0.717) is 31.3 Å². The Morgan fingerprint density at radius 1 is 1.41 bits per heavy atom. The third-order valence-corrected chi connectivity index (χ3v) is 5.66. The highest BCUT2D eigenvalue weighted by atomic mass is 31.1. The molecule has 2 atom stereocenters.